The first kappa shape index (κ1) is 9.30. The molecule has 1 aliphatic carbocycles. The maximum absolute atomic E-state index is 9.64. The molecule has 0 bridgehead atoms. The van der Waals surface area contributed by atoms with Gasteiger partial charge >= 0.3 is 0 Å². The molecule has 1 aromatic carbocycles. The Morgan fingerprint density at radius 1 is 1.36 bits per heavy atom. The monoisotopic (exact) mass is 195 g/mol. The summed E-state index contributed by atoms with van der Waals surface area (Å²) in [5, 5.41) is 18.8. The van der Waals surface area contributed by atoms with Crippen LogP contribution in [0.5, 0.6) is 11.5 Å². The molecule has 0 atom stereocenters. The summed E-state index contributed by atoms with van der Waals surface area (Å²) in [6.45, 7) is 0.408. The summed E-state index contributed by atoms with van der Waals surface area (Å²) in [7, 11) is 0. The summed E-state index contributed by atoms with van der Waals surface area (Å²) < 4.78 is 0. The highest BCUT2D eigenvalue weighted by Gasteiger charge is 2.46. The summed E-state index contributed by atoms with van der Waals surface area (Å²) >= 11 is 0. The first-order valence-corrected chi connectivity index (χ1v) is 4.52. The van der Waals surface area contributed by atoms with Crippen LogP contribution in [0.2, 0.25) is 0 Å². The summed E-state index contributed by atoms with van der Waals surface area (Å²) in [4.78, 5) is 4.64. The molecule has 0 unspecified atom stereocenters. The SMILES string of the molecule is NOCC1(c2ccc(O)cc2O)CC1. The van der Waals surface area contributed by atoms with Gasteiger partial charge in [-0.25, -0.2) is 5.90 Å². The smallest absolute Gasteiger partial charge is 0.123 e. The Morgan fingerprint density at radius 3 is 2.57 bits per heavy atom. The molecule has 14 heavy (non-hydrogen) atoms. The van der Waals surface area contributed by atoms with Crippen LogP contribution in [0.1, 0.15) is 18.4 Å². The van der Waals surface area contributed by atoms with Gasteiger partial charge in [-0.15, -0.1) is 0 Å². The zero-order valence-electron chi connectivity index (χ0n) is 7.73. The van der Waals surface area contributed by atoms with Crippen molar-refractivity contribution >= 4 is 0 Å². The summed E-state index contributed by atoms with van der Waals surface area (Å²) in [6, 6.07) is 4.62. The quantitative estimate of drug-likeness (QED) is 0.629. The Bertz CT molecular complexity index is 347. The predicted molar refractivity (Wildman–Crippen MR) is 50.8 cm³/mol. The second kappa shape index (κ2) is 3.15. The van der Waals surface area contributed by atoms with E-state index in [-0.39, 0.29) is 16.9 Å². The summed E-state index contributed by atoms with van der Waals surface area (Å²) in [6.07, 6.45) is 1.92. The second-order valence-electron chi connectivity index (χ2n) is 3.79. The van der Waals surface area contributed by atoms with E-state index in [0.29, 0.717) is 6.61 Å². The topological polar surface area (TPSA) is 75.7 Å². The van der Waals surface area contributed by atoms with Crippen molar-refractivity contribution in [2.75, 3.05) is 6.61 Å². The lowest BCUT2D eigenvalue weighted by Crippen LogP contribution is -2.18. The van der Waals surface area contributed by atoms with Gasteiger partial charge in [-0.05, 0) is 18.9 Å². The molecule has 0 amide bonds. The molecule has 76 valence electrons. The van der Waals surface area contributed by atoms with Crippen LogP contribution in [0.25, 0.3) is 0 Å². The fourth-order valence-electron chi connectivity index (χ4n) is 1.77. The number of nitrogens with two attached hydrogens (primary N) is 1. The van der Waals surface area contributed by atoms with Crippen LogP contribution in [0.4, 0.5) is 0 Å². The molecule has 0 aromatic heterocycles. The van der Waals surface area contributed by atoms with E-state index >= 15 is 0 Å². The number of aromatic hydroxyl groups is 2. The molecule has 4 nitrogen and oxygen atoms in total. The van der Waals surface area contributed by atoms with Crippen LogP contribution in [-0.2, 0) is 10.3 Å². The number of rotatable bonds is 3. The zero-order chi connectivity index (χ0) is 10.2. The molecule has 1 fully saturated rings. The molecule has 2 rings (SSSR count). The normalized spacial score (nSPS) is 18.1. The molecule has 4 heteroatoms. The van der Waals surface area contributed by atoms with Crippen molar-refractivity contribution in [2.45, 2.75) is 18.3 Å². The van der Waals surface area contributed by atoms with Gasteiger partial charge in [-0.1, -0.05) is 6.07 Å². The molecule has 0 aliphatic heterocycles. The van der Waals surface area contributed by atoms with Gasteiger partial charge < -0.3 is 15.1 Å². The van der Waals surface area contributed by atoms with Gasteiger partial charge in [0.05, 0.1) is 6.61 Å². The van der Waals surface area contributed by atoms with Gasteiger partial charge in [0, 0.05) is 17.0 Å². The molecule has 4 N–H and O–H groups in total. The van der Waals surface area contributed by atoms with Crippen LogP contribution >= 0.6 is 0 Å². The van der Waals surface area contributed by atoms with Crippen LogP contribution in [0, 0.1) is 0 Å². The van der Waals surface area contributed by atoms with E-state index in [1.165, 1.54) is 6.07 Å². The highest BCUT2D eigenvalue weighted by atomic mass is 16.6. The molecule has 1 aromatic rings. The average Bonchev–Trinajstić information content (AvgIpc) is 2.86. The van der Waals surface area contributed by atoms with Gasteiger partial charge in [0.25, 0.3) is 0 Å². The van der Waals surface area contributed by atoms with Crippen molar-refractivity contribution in [1.29, 1.82) is 0 Å². The molecule has 1 saturated carbocycles. The number of benzene rings is 1. The van der Waals surface area contributed by atoms with Crippen molar-refractivity contribution in [3.8, 4) is 11.5 Å². The first-order chi connectivity index (χ1) is 6.68. The largest absolute Gasteiger partial charge is 0.508 e. The molecule has 0 heterocycles. The van der Waals surface area contributed by atoms with Crippen molar-refractivity contribution in [3.63, 3.8) is 0 Å². The van der Waals surface area contributed by atoms with E-state index in [1.807, 2.05) is 0 Å². The molecular formula is C10H13NO3. The van der Waals surface area contributed by atoms with E-state index in [1.54, 1.807) is 12.1 Å². The predicted octanol–water partition coefficient (Wildman–Crippen LogP) is 1.02. The van der Waals surface area contributed by atoms with Gasteiger partial charge in [-0.2, -0.15) is 0 Å². The van der Waals surface area contributed by atoms with Crippen LogP contribution in [0.3, 0.4) is 0 Å². The van der Waals surface area contributed by atoms with Crippen molar-refractivity contribution < 1.29 is 15.1 Å². The molecular weight excluding hydrogens is 182 g/mol. The Balaban J connectivity index is 2.32. The highest BCUT2D eigenvalue weighted by Crippen LogP contribution is 2.51. The number of hydrogen-bond acceptors (Lipinski definition) is 4. The van der Waals surface area contributed by atoms with Gasteiger partial charge in [0.2, 0.25) is 0 Å². The molecule has 1 aliphatic rings. The van der Waals surface area contributed by atoms with E-state index in [9.17, 15) is 5.11 Å². The van der Waals surface area contributed by atoms with E-state index in [4.69, 9.17) is 11.0 Å². The number of phenolic OH excluding ortho intramolecular Hbond substituents is 2. The fourth-order valence-corrected chi connectivity index (χ4v) is 1.77. The Labute approximate surface area is 81.9 Å². The Morgan fingerprint density at radius 2 is 2.07 bits per heavy atom. The third kappa shape index (κ3) is 1.42. The average molecular weight is 195 g/mol. The summed E-state index contributed by atoms with van der Waals surface area (Å²) in [5.74, 6) is 5.22. The fraction of sp³-hybridized carbons (Fsp3) is 0.400. The maximum Gasteiger partial charge on any atom is 0.123 e. The third-order valence-corrected chi connectivity index (χ3v) is 2.77. The minimum absolute atomic E-state index is 0.0655. The number of hydrogen-bond donors (Lipinski definition) is 3. The Hall–Kier alpha value is -1.26. The molecule has 0 spiro atoms. The van der Waals surface area contributed by atoms with E-state index in [0.717, 1.165) is 18.4 Å². The lowest BCUT2D eigenvalue weighted by molar-refractivity contribution is 0.115. The lowest BCUT2D eigenvalue weighted by atomic mass is 9.96. The molecule has 0 radical (unpaired) electrons. The maximum atomic E-state index is 9.64. The summed E-state index contributed by atoms with van der Waals surface area (Å²) in [5.41, 5.74) is 0.674. The van der Waals surface area contributed by atoms with Crippen molar-refractivity contribution in [1.82, 2.24) is 0 Å². The highest BCUT2D eigenvalue weighted by molar-refractivity contribution is 5.46. The van der Waals surface area contributed by atoms with E-state index < -0.39 is 0 Å². The first-order valence-electron chi connectivity index (χ1n) is 4.52. The van der Waals surface area contributed by atoms with Gasteiger partial charge in [0.1, 0.15) is 11.5 Å². The van der Waals surface area contributed by atoms with Gasteiger partial charge in [-0.3, -0.25) is 0 Å². The minimum Gasteiger partial charge on any atom is -0.508 e. The second-order valence-corrected chi connectivity index (χ2v) is 3.79. The Kier molecular flexibility index (Phi) is 2.09. The zero-order valence-corrected chi connectivity index (χ0v) is 7.73. The van der Waals surface area contributed by atoms with Crippen LogP contribution in [-0.4, -0.2) is 16.8 Å². The van der Waals surface area contributed by atoms with E-state index in [2.05, 4.69) is 4.84 Å². The minimum atomic E-state index is -0.132. The number of phenols is 2. The van der Waals surface area contributed by atoms with Crippen LogP contribution < -0.4 is 5.90 Å². The van der Waals surface area contributed by atoms with Gasteiger partial charge in [0.15, 0.2) is 0 Å². The lowest BCUT2D eigenvalue weighted by Gasteiger charge is -2.15. The standard InChI is InChI=1S/C10H13NO3/c11-14-6-10(3-4-10)8-2-1-7(12)5-9(8)13/h1-2,5,12-13H,3-4,6,11H2. The molecule has 0 saturated heterocycles. The van der Waals surface area contributed by atoms with Crippen molar-refractivity contribution in [2.24, 2.45) is 5.90 Å². The van der Waals surface area contributed by atoms with Crippen molar-refractivity contribution in [3.05, 3.63) is 23.8 Å². The third-order valence-electron chi connectivity index (χ3n) is 2.77. The van der Waals surface area contributed by atoms with Crippen LogP contribution in [0.15, 0.2) is 18.2 Å².